The normalized spacial score (nSPS) is 11.2. The molecule has 0 spiro atoms. The number of nitrogens with one attached hydrogen (secondary N) is 2. The monoisotopic (exact) mass is 360 g/mol. The van der Waals surface area contributed by atoms with Crippen molar-refractivity contribution in [1.82, 2.24) is 20.4 Å². The number of ether oxygens (including phenoxy) is 1. The van der Waals surface area contributed by atoms with E-state index < -0.39 is 11.7 Å². The molecule has 2 aromatic rings. The number of fused-ring (bicyclic) bond motifs is 1. The zero-order chi connectivity index (χ0) is 19.3. The highest BCUT2D eigenvalue weighted by Gasteiger charge is 2.16. The van der Waals surface area contributed by atoms with Crippen LogP contribution in [-0.2, 0) is 23.0 Å². The summed E-state index contributed by atoms with van der Waals surface area (Å²) in [6, 6.07) is 7.06. The van der Waals surface area contributed by atoms with Crippen LogP contribution in [0.2, 0.25) is 0 Å². The van der Waals surface area contributed by atoms with Gasteiger partial charge in [-0.25, -0.2) is 9.48 Å². The smallest absolute Gasteiger partial charge is 0.407 e. The van der Waals surface area contributed by atoms with Crippen molar-refractivity contribution in [2.24, 2.45) is 7.05 Å². The molecule has 0 aliphatic heterocycles. The van der Waals surface area contributed by atoms with Crippen LogP contribution < -0.4 is 16.2 Å². The summed E-state index contributed by atoms with van der Waals surface area (Å²) in [4.78, 5) is 35.8. The lowest BCUT2D eigenvalue weighted by Gasteiger charge is -2.19. The first-order chi connectivity index (χ1) is 12.2. The molecule has 0 saturated heterocycles. The molecule has 8 heteroatoms. The number of alkyl carbamates (subject to hydrolysis) is 1. The molecule has 0 saturated carbocycles. The van der Waals surface area contributed by atoms with E-state index in [4.69, 9.17) is 4.74 Å². The Balaban J connectivity index is 1.91. The van der Waals surface area contributed by atoms with Crippen LogP contribution in [-0.4, -0.2) is 40.5 Å². The average molecular weight is 360 g/mol. The van der Waals surface area contributed by atoms with E-state index in [1.807, 2.05) is 0 Å². The van der Waals surface area contributed by atoms with Crippen LogP contribution in [0.15, 0.2) is 29.1 Å². The molecule has 140 valence electrons. The molecule has 1 aromatic carbocycles. The molecule has 0 radical (unpaired) electrons. The quantitative estimate of drug-likeness (QED) is 0.778. The van der Waals surface area contributed by atoms with Crippen LogP contribution in [0.5, 0.6) is 0 Å². The van der Waals surface area contributed by atoms with Crippen LogP contribution in [0, 0.1) is 0 Å². The molecule has 2 amide bonds. The second kappa shape index (κ2) is 7.99. The minimum absolute atomic E-state index is 0.0427. The second-order valence-corrected chi connectivity index (χ2v) is 6.88. The number of aromatic nitrogens is 2. The fourth-order valence-corrected chi connectivity index (χ4v) is 2.40. The number of rotatable bonds is 5. The minimum atomic E-state index is -0.566. The van der Waals surface area contributed by atoms with E-state index in [0.29, 0.717) is 16.5 Å². The molecule has 0 bridgehead atoms. The summed E-state index contributed by atoms with van der Waals surface area (Å²) in [5.41, 5.74) is -0.241. The molecule has 0 aliphatic carbocycles. The van der Waals surface area contributed by atoms with Crippen molar-refractivity contribution in [3.63, 3.8) is 0 Å². The number of hydrogen-bond donors (Lipinski definition) is 2. The Morgan fingerprint density at radius 3 is 2.38 bits per heavy atom. The topological polar surface area (TPSA) is 102 Å². The lowest BCUT2D eigenvalue weighted by molar-refractivity contribution is -0.120. The average Bonchev–Trinajstić information content (AvgIpc) is 2.55. The summed E-state index contributed by atoms with van der Waals surface area (Å²) in [5.74, 6) is -0.243. The predicted octanol–water partition coefficient (Wildman–Crippen LogP) is 1.12. The summed E-state index contributed by atoms with van der Waals surface area (Å²) in [7, 11) is 1.56. The van der Waals surface area contributed by atoms with Crippen molar-refractivity contribution in [3.8, 4) is 0 Å². The van der Waals surface area contributed by atoms with E-state index in [2.05, 4.69) is 15.7 Å². The number of carbonyl (C=O) groups is 2. The Bertz CT molecular complexity index is 868. The SMILES string of the molecule is Cn1nc(CC(=O)NCCNC(=O)OC(C)(C)C)c2ccccc2c1=O. The van der Waals surface area contributed by atoms with Gasteiger partial charge >= 0.3 is 6.09 Å². The Hall–Kier alpha value is -2.90. The Morgan fingerprint density at radius 1 is 1.12 bits per heavy atom. The van der Waals surface area contributed by atoms with Gasteiger partial charge in [0.2, 0.25) is 5.91 Å². The molecule has 8 nitrogen and oxygen atoms in total. The third kappa shape index (κ3) is 5.30. The highest BCUT2D eigenvalue weighted by molar-refractivity contribution is 5.88. The zero-order valence-electron chi connectivity index (χ0n) is 15.5. The van der Waals surface area contributed by atoms with Gasteiger partial charge < -0.3 is 15.4 Å². The fraction of sp³-hybridized carbons (Fsp3) is 0.444. The minimum Gasteiger partial charge on any atom is -0.444 e. The van der Waals surface area contributed by atoms with Gasteiger partial charge in [0.05, 0.1) is 17.5 Å². The number of hydrogen-bond acceptors (Lipinski definition) is 5. The van der Waals surface area contributed by atoms with Crippen molar-refractivity contribution in [1.29, 1.82) is 0 Å². The summed E-state index contributed by atoms with van der Waals surface area (Å²) in [6.45, 7) is 5.85. The van der Waals surface area contributed by atoms with Crippen molar-refractivity contribution in [3.05, 3.63) is 40.3 Å². The number of nitrogens with zero attached hydrogens (tertiary/aromatic N) is 2. The molecule has 2 N–H and O–H groups in total. The van der Waals surface area contributed by atoms with E-state index in [-0.39, 0.29) is 31.0 Å². The standard InChI is InChI=1S/C18H24N4O4/c1-18(2,3)26-17(25)20-10-9-19-15(23)11-14-12-7-5-6-8-13(12)16(24)22(4)21-14/h5-8H,9-11H2,1-4H3,(H,19,23)(H,20,25). The molecule has 0 unspecified atom stereocenters. The maximum absolute atomic E-state index is 12.1. The first-order valence-corrected chi connectivity index (χ1v) is 8.36. The zero-order valence-corrected chi connectivity index (χ0v) is 15.5. The highest BCUT2D eigenvalue weighted by atomic mass is 16.6. The van der Waals surface area contributed by atoms with Gasteiger partial charge in [0.25, 0.3) is 5.56 Å². The summed E-state index contributed by atoms with van der Waals surface area (Å²) < 4.78 is 6.34. The van der Waals surface area contributed by atoms with E-state index in [0.717, 1.165) is 0 Å². The van der Waals surface area contributed by atoms with Crippen molar-refractivity contribution >= 4 is 22.8 Å². The van der Waals surface area contributed by atoms with Crippen molar-refractivity contribution in [2.45, 2.75) is 32.8 Å². The first kappa shape index (κ1) is 19.4. The molecular weight excluding hydrogens is 336 g/mol. The van der Waals surface area contributed by atoms with Gasteiger partial charge in [-0.1, -0.05) is 18.2 Å². The summed E-state index contributed by atoms with van der Waals surface area (Å²) >= 11 is 0. The number of amides is 2. The first-order valence-electron chi connectivity index (χ1n) is 8.36. The molecule has 0 atom stereocenters. The van der Waals surface area contributed by atoms with Crippen molar-refractivity contribution in [2.75, 3.05) is 13.1 Å². The van der Waals surface area contributed by atoms with Crippen LogP contribution in [0.1, 0.15) is 26.5 Å². The number of benzene rings is 1. The maximum atomic E-state index is 12.1. The molecule has 1 aromatic heterocycles. The Kier molecular flexibility index (Phi) is 5.97. The van der Waals surface area contributed by atoms with E-state index in [1.54, 1.807) is 52.1 Å². The van der Waals surface area contributed by atoms with Gasteiger partial charge in [0, 0.05) is 25.5 Å². The molecule has 0 fully saturated rings. The van der Waals surface area contributed by atoms with Gasteiger partial charge in [-0.15, -0.1) is 0 Å². The van der Waals surface area contributed by atoms with Gasteiger partial charge in [-0.2, -0.15) is 5.10 Å². The predicted molar refractivity (Wildman–Crippen MR) is 97.9 cm³/mol. The molecular formula is C18H24N4O4. The summed E-state index contributed by atoms with van der Waals surface area (Å²) in [6.07, 6.45) is -0.487. The fourth-order valence-electron chi connectivity index (χ4n) is 2.40. The molecule has 0 aliphatic rings. The van der Waals surface area contributed by atoms with Gasteiger partial charge in [0.15, 0.2) is 0 Å². The Labute approximate surface area is 151 Å². The van der Waals surface area contributed by atoms with Crippen molar-refractivity contribution < 1.29 is 14.3 Å². The van der Waals surface area contributed by atoms with Gasteiger partial charge in [-0.3, -0.25) is 9.59 Å². The summed E-state index contributed by atoms with van der Waals surface area (Å²) in [5, 5.41) is 10.7. The molecule has 2 rings (SSSR count). The van der Waals surface area contributed by atoms with Crippen LogP contribution in [0.3, 0.4) is 0 Å². The van der Waals surface area contributed by atoms with Gasteiger partial charge in [-0.05, 0) is 26.8 Å². The Morgan fingerprint density at radius 2 is 1.73 bits per heavy atom. The highest BCUT2D eigenvalue weighted by Crippen LogP contribution is 2.13. The van der Waals surface area contributed by atoms with Crippen LogP contribution >= 0.6 is 0 Å². The third-order valence-corrected chi connectivity index (χ3v) is 3.48. The second-order valence-electron chi connectivity index (χ2n) is 6.88. The lowest BCUT2D eigenvalue weighted by atomic mass is 10.1. The lowest BCUT2D eigenvalue weighted by Crippen LogP contribution is -2.38. The molecule has 1 heterocycles. The van der Waals surface area contributed by atoms with E-state index in [9.17, 15) is 14.4 Å². The number of aryl methyl sites for hydroxylation is 1. The molecule has 26 heavy (non-hydrogen) atoms. The van der Waals surface area contributed by atoms with E-state index in [1.165, 1.54) is 4.68 Å². The largest absolute Gasteiger partial charge is 0.444 e. The van der Waals surface area contributed by atoms with Gasteiger partial charge in [0.1, 0.15) is 5.60 Å². The van der Waals surface area contributed by atoms with Crippen LogP contribution in [0.4, 0.5) is 4.79 Å². The number of carbonyl (C=O) groups excluding carboxylic acids is 2. The maximum Gasteiger partial charge on any atom is 0.407 e. The van der Waals surface area contributed by atoms with Crippen LogP contribution in [0.25, 0.3) is 10.8 Å². The van der Waals surface area contributed by atoms with E-state index >= 15 is 0 Å². The third-order valence-electron chi connectivity index (χ3n) is 3.48.